The Bertz CT molecular complexity index is 41.3. The molecule has 1 aliphatic rings. The second-order valence-electron chi connectivity index (χ2n) is 2.16. The molecule has 0 aliphatic carbocycles. The first-order valence-corrected chi connectivity index (χ1v) is 2.71. The van der Waals surface area contributed by atoms with E-state index in [1.807, 2.05) is 0 Å². The highest BCUT2D eigenvalue weighted by Gasteiger charge is 2.07. The van der Waals surface area contributed by atoms with E-state index in [4.69, 9.17) is 0 Å². The molecule has 0 saturated carbocycles. The largest absolute Gasteiger partial charge is 1.00 e. The van der Waals surface area contributed by atoms with E-state index >= 15 is 0 Å². The third-order valence-electron chi connectivity index (χ3n) is 1.46. The van der Waals surface area contributed by atoms with Crippen LogP contribution in [0.2, 0.25) is 0 Å². The summed E-state index contributed by atoms with van der Waals surface area (Å²) in [6.45, 7) is 2.81. The molecule has 0 atom stereocenters. The van der Waals surface area contributed by atoms with E-state index in [0.29, 0.717) is 0 Å². The van der Waals surface area contributed by atoms with Gasteiger partial charge in [0, 0.05) is 12.8 Å². The lowest BCUT2D eigenvalue weighted by Gasteiger charge is -1.98. The Kier molecular flexibility index (Phi) is 3.66. The number of hydrogen-bond donors (Lipinski definition) is 1. The quantitative estimate of drug-likeness (QED) is 0.378. The monoisotopic (exact) mass is 165 g/mol. The summed E-state index contributed by atoms with van der Waals surface area (Å²) in [5.74, 6) is 0. The third kappa shape index (κ3) is 2.29. The highest BCUT2D eigenvalue weighted by molar-refractivity contribution is 4.40. The number of nitrogens with one attached hydrogen (secondary N) is 1. The molecular formula is C5H12BrN. The van der Waals surface area contributed by atoms with Gasteiger partial charge in [0.05, 0.1) is 20.1 Å². The lowest BCUT2D eigenvalue weighted by atomic mass is 10.4. The van der Waals surface area contributed by atoms with E-state index in [0.717, 1.165) is 0 Å². The molecule has 0 bridgehead atoms. The first-order valence-electron chi connectivity index (χ1n) is 2.71. The van der Waals surface area contributed by atoms with Crippen molar-refractivity contribution >= 4 is 0 Å². The number of hydrogen-bond acceptors (Lipinski definition) is 0. The minimum Gasteiger partial charge on any atom is -1.00 e. The molecule has 0 aromatic heterocycles. The van der Waals surface area contributed by atoms with Crippen LogP contribution in [0.3, 0.4) is 0 Å². The number of likely N-dealkylation sites (tertiary alicyclic amines) is 1. The van der Waals surface area contributed by atoms with Gasteiger partial charge in [0.15, 0.2) is 0 Å². The van der Waals surface area contributed by atoms with Gasteiger partial charge < -0.3 is 21.9 Å². The van der Waals surface area contributed by atoms with Gasteiger partial charge in [-0.25, -0.2) is 0 Å². The zero-order chi connectivity index (χ0) is 4.41. The smallest absolute Gasteiger partial charge is 0.0771 e. The summed E-state index contributed by atoms with van der Waals surface area (Å²) < 4.78 is 0. The fourth-order valence-corrected chi connectivity index (χ4v) is 0.979. The maximum Gasteiger partial charge on any atom is 0.0771 e. The fraction of sp³-hybridized carbons (Fsp3) is 1.00. The highest BCUT2D eigenvalue weighted by atomic mass is 79.9. The van der Waals surface area contributed by atoms with Crippen molar-refractivity contribution in [1.29, 1.82) is 0 Å². The van der Waals surface area contributed by atoms with Gasteiger partial charge in [-0.3, -0.25) is 0 Å². The normalized spacial score (nSPS) is 21.9. The molecule has 0 aromatic carbocycles. The molecule has 0 amide bonds. The Balaban J connectivity index is 0.000000360. The second kappa shape index (κ2) is 3.44. The van der Waals surface area contributed by atoms with Crippen LogP contribution in [0.4, 0.5) is 0 Å². The minimum absolute atomic E-state index is 0. The van der Waals surface area contributed by atoms with Crippen LogP contribution >= 0.6 is 0 Å². The summed E-state index contributed by atoms with van der Waals surface area (Å²) in [4.78, 5) is 1.70. The van der Waals surface area contributed by atoms with Crippen LogP contribution < -0.4 is 21.9 Å². The molecule has 2 heteroatoms. The Hall–Kier alpha value is 0.440. The van der Waals surface area contributed by atoms with Gasteiger partial charge in [0.1, 0.15) is 0 Å². The van der Waals surface area contributed by atoms with Crippen molar-refractivity contribution in [2.45, 2.75) is 12.8 Å². The van der Waals surface area contributed by atoms with Gasteiger partial charge in [0.25, 0.3) is 0 Å². The summed E-state index contributed by atoms with van der Waals surface area (Å²) in [5.41, 5.74) is 0. The van der Waals surface area contributed by atoms with Crippen LogP contribution in [0.5, 0.6) is 0 Å². The zero-order valence-electron chi connectivity index (χ0n) is 4.71. The minimum atomic E-state index is 0. The van der Waals surface area contributed by atoms with Gasteiger partial charge in [-0.05, 0) is 0 Å². The summed E-state index contributed by atoms with van der Waals surface area (Å²) in [6.07, 6.45) is 2.90. The standard InChI is InChI=1S/C5H11N.BrH/c1-6-4-2-3-5-6;/h2-5H2,1H3;1H. The molecule has 1 heterocycles. The lowest BCUT2D eigenvalue weighted by molar-refractivity contribution is -0.866. The summed E-state index contributed by atoms with van der Waals surface area (Å²) in [6, 6.07) is 0. The SMILES string of the molecule is C[NH+]1CCCC1.[Br-]. The van der Waals surface area contributed by atoms with Crippen molar-refractivity contribution in [2.24, 2.45) is 0 Å². The molecule has 1 nitrogen and oxygen atoms in total. The van der Waals surface area contributed by atoms with Crippen molar-refractivity contribution in [3.05, 3.63) is 0 Å². The van der Waals surface area contributed by atoms with E-state index in [1.54, 1.807) is 4.90 Å². The number of halogens is 1. The van der Waals surface area contributed by atoms with E-state index in [9.17, 15) is 0 Å². The molecule has 0 spiro atoms. The van der Waals surface area contributed by atoms with E-state index in [2.05, 4.69) is 7.05 Å². The van der Waals surface area contributed by atoms with Crippen LogP contribution in [-0.2, 0) is 0 Å². The van der Waals surface area contributed by atoms with Gasteiger partial charge in [-0.2, -0.15) is 0 Å². The molecular weight excluding hydrogens is 154 g/mol. The third-order valence-corrected chi connectivity index (χ3v) is 1.46. The Morgan fingerprint density at radius 3 is 1.71 bits per heavy atom. The number of rotatable bonds is 0. The molecule has 44 valence electrons. The van der Waals surface area contributed by atoms with Crippen molar-refractivity contribution < 1.29 is 21.9 Å². The fourth-order valence-electron chi connectivity index (χ4n) is 0.979. The molecule has 1 fully saturated rings. The van der Waals surface area contributed by atoms with Crippen molar-refractivity contribution in [2.75, 3.05) is 20.1 Å². The van der Waals surface area contributed by atoms with Crippen LogP contribution in [0.1, 0.15) is 12.8 Å². The topological polar surface area (TPSA) is 4.44 Å². The molecule has 0 unspecified atom stereocenters. The zero-order valence-corrected chi connectivity index (χ0v) is 6.29. The van der Waals surface area contributed by atoms with Gasteiger partial charge >= 0.3 is 0 Å². The molecule has 0 radical (unpaired) electrons. The predicted molar refractivity (Wildman–Crippen MR) is 25.9 cm³/mol. The predicted octanol–water partition coefficient (Wildman–Crippen LogP) is -3.70. The van der Waals surface area contributed by atoms with Crippen molar-refractivity contribution in [1.82, 2.24) is 0 Å². The van der Waals surface area contributed by atoms with Crippen molar-refractivity contribution in [3.8, 4) is 0 Å². The Labute approximate surface area is 55.5 Å². The lowest BCUT2D eigenvalue weighted by Crippen LogP contribution is -3.06. The summed E-state index contributed by atoms with van der Waals surface area (Å²) >= 11 is 0. The van der Waals surface area contributed by atoms with Crippen molar-refractivity contribution in [3.63, 3.8) is 0 Å². The highest BCUT2D eigenvalue weighted by Crippen LogP contribution is 1.84. The molecule has 0 aromatic rings. The Morgan fingerprint density at radius 1 is 1.14 bits per heavy atom. The molecule has 1 saturated heterocycles. The average Bonchev–Trinajstić information content (AvgIpc) is 1.86. The molecule has 7 heavy (non-hydrogen) atoms. The van der Waals surface area contributed by atoms with Crippen LogP contribution in [-0.4, -0.2) is 20.1 Å². The maximum absolute atomic E-state index is 2.26. The molecule has 1 rings (SSSR count). The van der Waals surface area contributed by atoms with E-state index < -0.39 is 0 Å². The van der Waals surface area contributed by atoms with Crippen LogP contribution in [0.15, 0.2) is 0 Å². The van der Waals surface area contributed by atoms with Gasteiger partial charge in [0.2, 0.25) is 0 Å². The second-order valence-corrected chi connectivity index (χ2v) is 2.16. The van der Waals surface area contributed by atoms with Crippen LogP contribution in [0.25, 0.3) is 0 Å². The summed E-state index contributed by atoms with van der Waals surface area (Å²) in [7, 11) is 2.26. The average molecular weight is 166 g/mol. The van der Waals surface area contributed by atoms with E-state index in [1.165, 1.54) is 25.9 Å². The maximum atomic E-state index is 2.26. The molecule has 1 N–H and O–H groups in total. The first-order chi connectivity index (χ1) is 2.89. The van der Waals surface area contributed by atoms with Gasteiger partial charge in [-0.15, -0.1) is 0 Å². The Morgan fingerprint density at radius 2 is 1.57 bits per heavy atom. The first kappa shape index (κ1) is 7.44. The van der Waals surface area contributed by atoms with Gasteiger partial charge in [-0.1, -0.05) is 0 Å². The summed E-state index contributed by atoms with van der Waals surface area (Å²) in [5, 5.41) is 0. The molecule has 1 aliphatic heterocycles. The van der Waals surface area contributed by atoms with Crippen LogP contribution in [0, 0.1) is 0 Å². The number of quaternary nitrogens is 1. The van der Waals surface area contributed by atoms with E-state index in [-0.39, 0.29) is 17.0 Å².